The van der Waals surface area contributed by atoms with Gasteiger partial charge >= 0.3 is 0 Å². The molecule has 1 heterocycles. The second kappa shape index (κ2) is 5.30. The van der Waals surface area contributed by atoms with E-state index in [1.807, 2.05) is 19.9 Å². The van der Waals surface area contributed by atoms with Crippen LogP contribution in [0, 0.1) is 13.8 Å². The fraction of sp³-hybridized carbons (Fsp3) is 0.615. The molecular formula is C13H22N2O. The number of nitrogens with zero attached hydrogens (tertiary/aromatic N) is 1. The van der Waals surface area contributed by atoms with E-state index >= 15 is 0 Å². The molecule has 0 unspecified atom stereocenters. The molecule has 0 spiro atoms. The van der Waals surface area contributed by atoms with E-state index in [-0.39, 0.29) is 5.60 Å². The molecule has 0 radical (unpaired) electrons. The summed E-state index contributed by atoms with van der Waals surface area (Å²) >= 11 is 0. The van der Waals surface area contributed by atoms with Crippen molar-refractivity contribution < 1.29 is 4.74 Å². The van der Waals surface area contributed by atoms with Crippen molar-refractivity contribution in [3.05, 3.63) is 23.5 Å². The zero-order valence-corrected chi connectivity index (χ0v) is 10.9. The van der Waals surface area contributed by atoms with Gasteiger partial charge in [0.1, 0.15) is 0 Å². The number of aromatic nitrogens is 1. The molecule has 0 aromatic carbocycles. The first-order chi connectivity index (χ1) is 7.44. The van der Waals surface area contributed by atoms with Crippen molar-refractivity contribution in [3.63, 3.8) is 0 Å². The van der Waals surface area contributed by atoms with Gasteiger partial charge in [0.05, 0.1) is 17.0 Å². The second-order valence-corrected chi connectivity index (χ2v) is 4.73. The number of pyridine rings is 1. The van der Waals surface area contributed by atoms with Crippen molar-refractivity contribution in [1.82, 2.24) is 4.98 Å². The van der Waals surface area contributed by atoms with Crippen molar-refractivity contribution in [2.45, 2.75) is 39.7 Å². The van der Waals surface area contributed by atoms with E-state index in [1.54, 1.807) is 7.11 Å². The van der Waals surface area contributed by atoms with Crippen LogP contribution in [-0.2, 0) is 4.74 Å². The maximum absolute atomic E-state index is 5.37. The summed E-state index contributed by atoms with van der Waals surface area (Å²) in [5, 5.41) is 3.39. The summed E-state index contributed by atoms with van der Waals surface area (Å²) in [5.74, 6) is 0. The summed E-state index contributed by atoms with van der Waals surface area (Å²) in [6.45, 7) is 9.11. The molecular weight excluding hydrogens is 200 g/mol. The van der Waals surface area contributed by atoms with E-state index in [1.165, 1.54) is 0 Å². The average Bonchev–Trinajstić information content (AvgIpc) is 2.21. The Morgan fingerprint density at radius 3 is 2.56 bits per heavy atom. The second-order valence-electron chi connectivity index (χ2n) is 4.73. The molecule has 0 fully saturated rings. The van der Waals surface area contributed by atoms with Crippen molar-refractivity contribution in [2.75, 3.05) is 19.0 Å². The van der Waals surface area contributed by atoms with Crippen LogP contribution < -0.4 is 5.32 Å². The summed E-state index contributed by atoms with van der Waals surface area (Å²) in [6.07, 6.45) is 0.969. The Bertz CT molecular complexity index is 348. The van der Waals surface area contributed by atoms with Crippen LogP contribution in [0.25, 0.3) is 0 Å². The van der Waals surface area contributed by atoms with Crippen LogP contribution in [0.3, 0.4) is 0 Å². The molecule has 1 aromatic rings. The molecule has 0 saturated carbocycles. The van der Waals surface area contributed by atoms with Gasteiger partial charge in [-0.3, -0.25) is 4.98 Å². The van der Waals surface area contributed by atoms with Crippen LogP contribution in [0.15, 0.2) is 12.1 Å². The zero-order valence-electron chi connectivity index (χ0n) is 10.9. The normalized spacial score (nSPS) is 11.6. The topological polar surface area (TPSA) is 34.1 Å². The van der Waals surface area contributed by atoms with Gasteiger partial charge in [0, 0.05) is 19.3 Å². The lowest BCUT2D eigenvalue weighted by Crippen LogP contribution is -2.25. The molecule has 1 aromatic heterocycles. The Kier molecular flexibility index (Phi) is 4.30. The first-order valence-corrected chi connectivity index (χ1v) is 5.68. The molecule has 0 aliphatic heterocycles. The summed E-state index contributed by atoms with van der Waals surface area (Å²) in [4.78, 5) is 4.42. The third kappa shape index (κ3) is 3.81. The summed E-state index contributed by atoms with van der Waals surface area (Å²) in [7, 11) is 1.75. The fourth-order valence-electron chi connectivity index (χ4n) is 1.47. The van der Waals surface area contributed by atoms with Crippen molar-refractivity contribution in [2.24, 2.45) is 0 Å². The molecule has 16 heavy (non-hydrogen) atoms. The highest BCUT2D eigenvalue weighted by atomic mass is 16.5. The monoisotopic (exact) mass is 222 g/mol. The highest BCUT2D eigenvalue weighted by molar-refractivity contribution is 5.47. The lowest BCUT2D eigenvalue weighted by atomic mass is 10.1. The summed E-state index contributed by atoms with van der Waals surface area (Å²) in [5.41, 5.74) is 3.15. The van der Waals surface area contributed by atoms with E-state index in [0.717, 1.165) is 30.0 Å². The molecule has 90 valence electrons. The number of anilines is 1. The third-order valence-electron chi connectivity index (χ3n) is 2.82. The minimum atomic E-state index is -0.0704. The van der Waals surface area contributed by atoms with Gasteiger partial charge in [-0.15, -0.1) is 0 Å². The van der Waals surface area contributed by atoms with E-state index < -0.39 is 0 Å². The predicted molar refractivity (Wildman–Crippen MR) is 67.9 cm³/mol. The number of ether oxygens (including phenoxy) is 1. The van der Waals surface area contributed by atoms with E-state index in [0.29, 0.717) is 0 Å². The van der Waals surface area contributed by atoms with Gasteiger partial charge in [-0.25, -0.2) is 0 Å². The Morgan fingerprint density at radius 1 is 1.31 bits per heavy atom. The lowest BCUT2D eigenvalue weighted by molar-refractivity contribution is 0.0185. The number of rotatable bonds is 5. The number of hydrogen-bond acceptors (Lipinski definition) is 3. The zero-order chi connectivity index (χ0) is 12.2. The Morgan fingerprint density at radius 2 is 2.00 bits per heavy atom. The van der Waals surface area contributed by atoms with E-state index in [4.69, 9.17) is 4.74 Å². The van der Waals surface area contributed by atoms with Crippen LogP contribution in [0.1, 0.15) is 31.7 Å². The maximum atomic E-state index is 5.37. The standard InChI is InChI=1S/C13H22N2O/c1-10-6-7-12(11(2)15-10)14-9-8-13(3,4)16-5/h6-7,14H,8-9H2,1-5H3. The van der Waals surface area contributed by atoms with Gasteiger partial charge in [-0.05, 0) is 46.2 Å². The van der Waals surface area contributed by atoms with Crippen molar-refractivity contribution in [3.8, 4) is 0 Å². The van der Waals surface area contributed by atoms with Crippen LogP contribution in [-0.4, -0.2) is 24.2 Å². The first-order valence-electron chi connectivity index (χ1n) is 5.68. The van der Waals surface area contributed by atoms with Gasteiger partial charge in [0.25, 0.3) is 0 Å². The first kappa shape index (κ1) is 13.0. The third-order valence-corrected chi connectivity index (χ3v) is 2.82. The fourth-order valence-corrected chi connectivity index (χ4v) is 1.47. The van der Waals surface area contributed by atoms with Crippen LogP contribution in [0.2, 0.25) is 0 Å². The Labute approximate surface area is 98.2 Å². The number of methoxy groups -OCH3 is 1. The molecule has 0 atom stereocenters. The molecule has 3 nitrogen and oxygen atoms in total. The largest absolute Gasteiger partial charge is 0.383 e. The number of nitrogens with one attached hydrogen (secondary N) is 1. The molecule has 0 amide bonds. The van der Waals surface area contributed by atoms with Gasteiger partial charge in [-0.2, -0.15) is 0 Å². The van der Waals surface area contributed by atoms with E-state index in [9.17, 15) is 0 Å². The predicted octanol–water partition coefficient (Wildman–Crippen LogP) is 2.93. The van der Waals surface area contributed by atoms with Crippen LogP contribution >= 0.6 is 0 Å². The molecule has 1 N–H and O–H groups in total. The minimum Gasteiger partial charge on any atom is -0.383 e. The Balaban J connectivity index is 2.49. The quantitative estimate of drug-likeness (QED) is 0.831. The summed E-state index contributed by atoms with van der Waals surface area (Å²) in [6, 6.07) is 4.11. The van der Waals surface area contributed by atoms with Gasteiger partial charge in [-0.1, -0.05) is 0 Å². The maximum Gasteiger partial charge on any atom is 0.0639 e. The lowest BCUT2D eigenvalue weighted by Gasteiger charge is -2.23. The Hall–Kier alpha value is -1.09. The van der Waals surface area contributed by atoms with Crippen LogP contribution in [0.4, 0.5) is 5.69 Å². The molecule has 0 aliphatic rings. The van der Waals surface area contributed by atoms with E-state index in [2.05, 4.69) is 30.2 Å². The molecule has 0 bridgehead atoms. The number of aryl methyl sites for hydroxylation is 2. The number of hydrogen-bond donors (Lipinski definition) is 1. The average molecular weight is 222 g/mol. The smallest absolute Gasteiger partial charge is 0.0639 e. The van der Waals surface area contributed by atoms with Crippen LogP contribution in [0.5, 0.6) is 0 Å². The van der Waals surface area contributed by atoms with Gasteiger partial charge in [0.2, 0.25) is 0 Å². The molecule has 3 heteroatoms. The highest BCUT2D eigenvalue weighted by Gasteiger charge is 2.15. The molecule has 1 rings (SSSR count). The van der Waals surface area contributed by atoms with Crippen molar-refractivity contribution in [1.29, 1.82) is 0 Å². The highest BCUT2D eigenvalue weighted by Crippen LogP contribution is 2.16. The van der Waals surface area contributed by atoms with Crippen molar-refractivity contribution >= 4 is 5.69 Å². The summed E-state index contributed by atoms with van der Waals surface area (Å²) < 4.78 is 5.37. The van der Waals surface area contributed by atoms with Gasteiger partial charge < -0.3 is 10.1 Å². The molecule has 0 saturated heterocycles. The molecule has 0 aliphatic carbocycles. The van der Waals surface area contributed by atoms with Gasteiger partial charge in [0.15, 0.2) is 0 Å². The SMILES string of the molecule is COC(C)(C)CCNc1ccc(C)nc1C. The minimum absolute atomic E-state index is 0.0704.